The number of carboxylic acids is 6. The van der Waals surface area contributed by atoms with Crippen molar-refractivity contribution in [3.05, 3.63) is 108 Å². The van der Waals surface area contributed by atoms with Gasteiger partial charge in [-0.3, -0.25) is 87.1 Å². The summed E-state index contributed by atoms with van der Waals surface area (Å²) in [7, 11) is 3.76. The van der Waals surface area contributed by atoms with Crippen LogP contribution >= 0.6 is 0 Å². The zero-order chi connectivity index (χ0) is 73.3. The van der Waals surface area contributed by atoms with E-state index in [0.29, 0.717) is 22.5 Å². The van der Waals surface area contributed by atoms with Crippen LogP contribution in [0.3, 0.4) is 0 Å². The molecule has 10 N–H and O–H groups in total. The van der Waals surface area contributed by atoms with Gasteiger partial charge in [0.05, 0.1) is 102 Å². The average Bonchev–Trinajstić information content (AvgIpc) is 0.824. The molecule has 36 heteroatoms. The summed E-state index contributed by atoms with van der Waals surface area (Å²) < 4.78 is 10.2. The molecule has 574 valence electrons. The number of carbonyl (C=O) groups is 12. The Balaban J connectivity index is 0.000000680. The number of rotatable bonds is 28. The molecular weight excluding hydrogens is 1430 g/mol. The third kappa shape index (κ3) is 34.9. The summed E-state index contributed by atoms with van der Waals surface area (Å²) >= 11 is 0. The summed E-state index contributed by atoms with van der Waals surface area (Å²) in [5.41, 5.74) is 3.71. The number of esters is 2. The van der Waals surface area contributed by atoms with Crippen molar-refractivity contribution in [2.75, 3.05) is 208 Å². The number of hydrogen-bond donors (Lipinski definition) is 10. The van der Waals surface area contributed by atoms with Gasteiger partial charge in [-0.15, -0.1) is 0 Å². The van der Waals surface area contributed by atoms with E-state index in [0.717, 1.165) is 11.1 Å². The van der Waals surface area contributed by atoms with Crippen LogP contribution in [0.25, 0.3) is 0 Å². The van der Waals surface area contributed by atoms with Crippen LogP contribution in [-0.2, 0) is 101 Å². The van der Waals surface area contributed by atoms with E-state index in [1.165, 1.54) is 0 Å². The number of nitrogens with one attached hydrogen (secondary N) is 4. The van der Waals surface area contributed by atoms with E-state index in [1.54, 1.807) is 102 Å². The predicted molar refractivity (Wildman–Crippen MR) is 369 cm³/mol. The molecule has 4 amide bonds. The number of aliphatic carboxylic acids is 6. The van der Waals surface area contributed by atoms with Crippen molar-refractivity contribution in [2.24, 2.45) is 0 Å². The summed E-state index contributed by atoms with van der Waals surface area (Å²) in [6, 6.07) is 13.8. The normalized spacial score (nSPS) is 18.1. The molecule has 2 radical (unpaired) electrons. The van der Waals surface area contributed by atoms with E-state index in [4.69, 9.17) is 9.47 Å². The van der Waals surface area contributed by atoms with E-state index in [-0.39, 0.29) is 236 Å². The van der Waals surface area contributed by atoms with Crippen LogP contribution in [0, 0.1) is 0 Å². The second kappa shape index (κ2) is 47.6. The Morgan fingerprint density at radius 3 is 0.806 bits per heavy atom. The van der Waals surface area contributed by atoms with E-state index in [2.05, 4.69) is 21.3 Å². The van der Waals surface area contributed by atoms with E-state index in [9.17, 15) is 88.2 Å². The van der Waals surface area contributed by atoms with Gasteiger partial charge in [-0.05, 0) is 73.5 Å². The second-order valence-electron chi connectivity index (χ2n) is 24.0. The standard InChI is InChI=1S/2C33H47N7O10.CH4.2Co/c2*1-3-50-33(49)25-8-9-36(2)27(18-25)24-4-6-26(7-5-24)35-28(41)19-34-29(42)20-37-10-12-38(21-30(43)44)14-16-40(23-32(47)48)17-15-39(13-11-37)22-31(45)46;;;/h2*4-9,18,27H,3,10-17,19-23H2,1-2H3,(H,34,42)(H,35,41)(H,43,44)(H,45,46)(H,47,48);1H4;;/i;;;2*1-2. The average molecular weight is 1530 g/mol. The van der Waals surface area contributed by atoms with Gasteiger partial charge in [-0.2, -0.15) is 0 Å². The molecule has 0 aliphatic carbocycles. The number of hydrogen-bond acceptors (Lipinski definition) is 24. The molecule has 2 aromatic rings. The Kier molecular flexibility index (Phi) is 41.8. The van der Waals surface area contributed by atoms with E-state index >= 15 is 0 Å². The largest absolute Gasteiger partial charge is 0.480 e. The molecule has 0 saturated carbocycles. The van der Waals surface area contributed by atoms with Crippen molar-refractivity contribution >= 4 is 82.8 Å². The van der Waals surface area contributed by atoms with E-state index < -0.39 is 71.4 Å². The summed E-state index contributed by atoms with van der Waals surface area (Å²) in [4.78, 5) is 162. The van der Waals surface area contributed by atoms with Crippen molar-refractivity contribution in [1.82, 2.24) is 59.6 Å². The first-order valence-corrected chi connectivity index (χ1v) is 32.7. The maximum absolute atomic E-state index is 12.9. The van der Waals surface area contributed by atoms with Gasteiger partial charge in [0, 0.05) is 176 Å². The topological polar surface area (TPSA) is 425 Å². The molecule has 0 bridgehead atoms. The van der Waals surface area contributed by atoms with Crippen molar-refractivity contribution in [3.8, 4) is 0 Å². The van der Waals surface area contributed by atoms with Gasteiger partial charge in [0.1, 0.15) is 0 Å². The number of nitrogens with zero attached hydrogens (tertiary/aromatic N) is 10. The predicted octanol–water partition coefficient (Wildman–Crippen LogP) is -0.956. The Hall–Kier alpha value is -8.67. The fourth-order valence-corrected chi connectivity index (χ4v) is 11.0. The second-order valence-corrected chi connectivity index (χ2v) is 24.0. The molecular formula is C67H98Co2N14O20. The third-order valence-electron chi connectivity index (χ3n) is 16.3. The van der Waals surface area contributed by atoms with Crippen LogP contribution < -0.4 is 21.3 Å². The van der Waals surface area contributed by atoms with Crippen LogP contribution in [0.15, 0.2) is 96.4 Å². The molecule has 0 aromatic heterocycles. The SMILES string of the molecule is C.CCOC(=O)C1=CC(c2ccc(NC(=O)CNC(=O)CN3CCN(CC(=O)O)CCN(CC(=O)O)CCN(CC(=O)O)CC3)cc2)N(C)C=C1.CCOC(=O)C1=CC(c2ccc(NC(=O)CNC(=O)CN3CCN(CC(=O)O)CCN(CC(=O)O)CCN(CC(=O)O)CC3)cc2)N(C)C=C1.[57Co].[57Co]. The molecule has 103 heavy (non-hydrogen) atoms. The van der Waals surface area contributed by atoms with Gasteiger partial charge in [-0.25, -0.2) is 9.59 Å². The zero-order valence-corrected chi connectivity index (χ0v) is 59.7. The number of carboxylic acid groups (broad SMARTS) is 6. The van der Waals surface area contributed by atoms with Crippen LogP contribution in [0.4, 0.5) is 11.4 Å². The monoisotopic (exact) mass is 1530 g/mol. The molecule has 6 rings (SSSR count). The number of carbonyl (C=O) groups excluding carboxylic acids is 6. The van der Waals surface area contributed by atoms with Crippen LogP contribution in [-0.4, -0.2) is 348 Å². The molecule has 34 nitrogen and oxygen atoms in total. The first-order valence-electron chi connectivity index (χ1n) is 32.7. The minimum Gasteiger partial charge on any atom is -0.480 e. The van der Waals surface area contributed by atoms with Gasteiger partial charge < -0.3 is 71.2 Å². The third-order valence-corrected chi connectivity index (χ3v) is 16.3. The first-order chi connectivity index (χ1) is 47.6. The van der Waals surface area contributed by atoms with Gasteiger partial charge in [0.2, 0.25) is 23.6 Å². The number of likely N-dealkylation sites (N-methyl/N-ethyl adjacent to an activating group) is 2. The summed E-state index contributed by atoms with van der Waals surface area (Å²) in [6.07, 6.45) is 10.6. The summed E-state index contributed by atoms with van der Waals surface area (Å²) in [6.45, 7) is 5.90. The molecule has 2 aromatic carbocycles. The molecule has 2 unspecified atom stereocenters. The van der Waals surface area contributed by atoms with Gasteiger partial charge in [-0.1, -0.05) is 31.7 Å². The van der Waals surface area contributed by atoms with E-state index in [1.807, 2.05) is 60.3 Å². The molecule has 4 aliphatic rings. The minimum atomic E-state index is -1.04. The van der Waals surface area contributed by atoms with Crippen LogP contribution in [0.5, 0.6) is 0 Å². The number of benzene rings is 2. The molecule has 2 atom stereocenters. The Bertz CT molecular complexity index is 3000. The number of amides is 4. The van der Waals surface area contributed by atoms with Crippen molar-refractivity contribution in [2.45, 2.75) is 33.4 Å². The quantitative estimate of drug-likeness (QED) is 0.0459. The minimum absolute atomic E-state index is 0. The van der Waals surface area contributed by atoms with Gasteiger partial charge in [0.15, 0.2) is 0 Å². The van der Waals surface area contributed by atoms with Crippen LogP contribution in [0.1, 0.15) is 44.5 Å². The Morgan fingerprint density at radius 1 is 0.369 bits per heavy atom. The molecule has 4 aliphatic heterocycles. The Morgan fingerprint density at radius 2 is 0.592 bits per heavy atom. The molecule has 0 spiro atoms. The molecule has 2 fully saturated rings. The molecule has 2 saturated heterocycles. The van der Waals surface area contributed by atoms with Gasteiger partial charge in [0.25, 0.3) is 0 Å². The summed E-state index contributed by atoms with van der Waals surface area (Å²) in [5, 5.41) is 66.9. The number of ether oxygens (including phenoxy) is 2. The summed E-state index contributed by atoms with van der Waals surface area (Å²) in [5.74, 6) is -8.84. The van der Waals surface area contributed by atoms with Crippen LogP contribution in [0.2, 0.25) is 0 Å². The number of anilines is 2. The maximum atomic E-state index is 12.9. The van der Waals surface area contributed by atoms with Gasteiger partial charge >= 0.3 is 47.8 Å². The molecule has 4 heterocycles. The zero-order valence-electron chi connectivity index (χ0n) is 57.6. The maximum Gasteiger partial charge on any atom is 0.337 e. The fraction of sp³-hybridized carbons (Fsp3) is 0.522. The smallest absolute Gasteiger partial charge is 0.337 e. The van der Waals surface area contributed by atoms with Crippen molar-refractivity contribution in [1.29, 1.82) is 0 Å². The van der Waals surface area contributed by atoms with Crippen molar-refractivity contribution < 1.29 is 131 Å². The fourth-order valence-electron chi connectivity index (χ4n) is 11.0. The van der Waals surface area contributed by atoms with Crippen molar-refractivity contribution in [3.63, 3.8) is 0 Å². The first kappa shape index (κ1) is 90.4. The Labute approximate surface area is 619 Å².